The van der Waals surface area contributed by atoms with Crippen molar-refractivity contribution in [3.05, 3.63) is 63.2 Å². The molecule has 0 fully saturated rings. The van der Waals surface area contributed by atoms with E-state index in [-0.39, 0.29) is 34.9 Å². The first kappa shape index (κ1) is 16.0. The van der Waals surface area contributed by atoms with E-state index in [2.05, 4.69) is 0 Å². The SMILES string of the molecule is N#C/C(=C\c1cc2c(cc1[N+](=O)[O-])OCO2)c1ccc(C(=O)O)cc1. The number of benzene rings is 2. The summed E-state index contributed by atoms with van der Waals surface area (Å²) in [4.78, 5) is 21.6. The van der Waals surface area contributed by atoms with Gasteiger partial charge in [-0.3, -0.25) is 10.1 Å². The molecule has 0 aliphatic carbocycles. The van der Waals surface area contributed by atoms with Crippen LogP contribution < -0.4 is 9.47 Å². The molecule has 0 saturated carbocycles. The third-order valence-corrected chi connectivity index (χ3v) is 3.58. The molecule has 0 bridgehead atoms. The third kappa shape index (κ3) is 3.11. The highest BCUT2D eigenvalue weighted by atomic mass is 16.7. The normalized spacial score (nSPS) is 12.5. The fraction of sp³-hybridized carbons (Fsp3) is 0.0588. The van der Waals surface area contributed by atoms with Crippen LogP contribution in [0.15, 0.2) is 36.4 Å². The van der Waals surface area contributed by atoms with Crippen LogP contribution in [0.25, 0.3) is 11.6 Å². The predicted octanol–water partition coefficient (Wildman–Crippen LogP) is 3.09. The van der Waals surface area contributed by atoms with Crippen molar-refractivity contribution >= 4 is 23.3 Å². The van der Waals surface area contributed by atoms with Crippen molar-refractivity contribution in [2.75, 3.05) is 6.79 Å². The Bertz CT molecular complexity index is 941. The summed E-state index contributed by atoms with van der Waals surface area (Å²) in [5.41, 5.74) is 0.640. The van der Waals surface area contributed by atoms with Crippen molar-refractivity contribution in [3.8, 4) is 17.6 Å². The van der Waals surface area contributed by atoms with Gasteiger partial charge >= 0.3 is 5.97 Å². The summed E-state index contributed by atoms with van der Waals surface area (Å²) < 4.78 is 10.3. The van der Waals surface area contributed by atoms with Gasteiger partial charge in [-0.2, -0.15) is 5.26 Å². The number of nitriles is 1. The number of aromatic carboxylic acids is 1. The lowest BCUT2D eigenvalue weighted by Gasteiger charge is -2.03. The minimum atomic E-state index is -1.08. The first-order chi connectivity index (χ1) is 12.0. The number of nitro groups is 1. The van der Waals surface area contributed by atoms with Crippen LogP contribution in [-0.2, 0) is 0 Å². The highest BCUT2D eigenvalue weighted by Crippen LogP contribution is 2.39. The Labute approximate surface area is 141 Å². The zero-order valence-corrected chi connectivity index (χ0v) is 12.6. The van der Waals surface area contributed by atoms with E-state index in [4.69, 9.17) is 14.6 Å². The lowest BCUT2D eigenvalue weighted by atomic mass is 10.0. The van der Waals surface area contributed by atoms with Gasteiger partial charge < -0.3 is 14.6 Å². The first-order valence-electron chi connectivity index (χ1n) is 7.03. The molecule has 0 amide bonds. The van der Waals surface area contributed by atoms with E-state index in [1.54, 1.807) is 0 Å². The van der Waals surface area contributed by atoms with E-state index in [0.717, 1.165) is 0 Å². The summed E-state index contributed by atoms with van der Waals surface area (Å²) in [7, 11) is 0. The minimum absolute atomic E-state index is 0.0264. The maximum Gasteiger partial charge on any atom is 0.335 e. The third-order valence-electron chi connectivity index (χ3n) is 3.58. The number of rotatable bonds is 4. The molecule has 2 aromatic carbocycles. The summed E-state index contributed by atoms with van der Waals surface area (Å²) in [6.07, 6.45) is 1.36. The van der Waals surface area contributed by atoms with Crippen LogP contribution in [-0.4, -0.2) is 22.8 Å². The number of hydrogen-bond donors (Lipinski definition) is 1. The monoisotopic (exact) mass is 338 g/mol. The second-order valence-corrected chi connectivity index (χ2v) is 5.07. The summed E-state index contributed by atoms with van der Waals surface area (Å²) in [5.74, 6) is -0.455. The average Bonchev–Trinajstić information content (AvgIpc) is 3.06. The van der Waals surface area contributed by atoms with E-state index in [1.807, 2.05) is 6.07 Å². The Hall–Kier alpha value is -3.86. The molecule has 124 valence electrons. The predicted molar refractivity (Wildman–Crippen MR) is 86.1 cm³/mol. The molecule has 2 aromatic rings. The average molecular weight is 338 g/mol. The number of carboxylic acids is 1. The number of hydrogen-bond acceptors (Lipinski definition) is 6. The van der Waals surface area contributed by atoms with Gasteiger partial charge in [0, 0.05) is 0 Å². The molecule has 0 unspecified atom stereocenters. The molecule has 25 heavy (non-hydrogen) atoms. The molecule has 8 nitrogen and oxygen atoms in total. The summed E-state index contributed by atoms with van der Waals surface area (Å²) in [6.45, 7) is -0.0264. The standard InChI is InChI=1S/C17H10N2O6/c18-8-13(10-1-3-11(4-2-10)17(20)21)5-12-6-15-16(25-9-24-15)7-14(12)19(22)23/h1-7H,9H2,(H,20,21)/b13-5+. The van der Waals surface area contributed by atoms with Crippen molar-refractivity contribution in [1.29, 1.82) is 5.26 Å². The van der Waals surface area contributed by atoms with Crippen molar-refractivity contribution in [2.45, 2.75) is 0 Å². The Morgan fingerprint density at radius 1 is 1.20 bits per heavy atom. The van der Waals surface area contributed by atoms with Crippen LogP contribution in [0.1, 0.15) is 21.5 Å². The molecule has 0 spiro atoms. The van der Waals surface area contributed by atoms with E-state index in [0.29, 0.717) is 11.3 Å². The summed E-state index contributed by atoms with van der Waals surface area (Å²) >= 11 is 0. The van der Waals surface area contributed by atoms with Crippen molar-refractivity contribution in [2.24, 2.45) is 0 Å². The van der Waals surface area contributed by atoms with Gasteiger partial charge in [0.2, 0.25) is 6.79 Å². The number of nitrogens with zero attached hydrogens (tertiary/aromatic N) is 2. The fourth-order valence-corrected chi connectivity index (χ4v) is 2.35. The lowest BCUT2D eigenvalue weighted by molar-refractivity contribution is -0.385. The molecular weight excluding hydrogens is 328 g/mol. The number of carboxylic acid groups (broad SMARTS) is 1. The molecule has 0 atom stereocenters. The molecule has 0 aromatic heterocycles. The van der Waals surface area contributed by atoms with E-state index in [9.17, 15) is 20.2 Å². The van der Waals surface area contributed by atoms with Gasteiger partial charge in [-0.1, -0.05) is 12.1 Å². The number of carbonyl (C=O) groups is 1. The van der Waals surface area contributed by atoms with E-state index >= 15 is 0 Å². The molecular formula is C17H10N2O6. The van der Waals surface area contributed by atoms with Crippen LogP contribution in [0.5, 0.6) is 11.5 Å². The van der Waals surface area contributed by atoms with Crippen molar-refractivity contribution in [1.82, 2.24) is 0 Å². The second kappa shape index (κ2) is 6.33. The molecule has 8 heteroatoms. The smallest absolute Gasteiger partial charge is 0.335 e. The van der Waals surface area contributed by atoms with Gasteiger partial charge in [0.1, 0.15) is 0 Å². The lowest BCUT2D eigenvalue weighted by Crippen LogP contribution is -1.96. The van der Waals surface area contributed by atoms with E-state index < -0.39 is 10.9 Å². The Morgan fingerprint density at radius 2 is 1.80 bits per heavy atom. The van der Waals surface area contributed by atoms with Crippen LogP contribution in [0.4, 0.5) is 5.69 Å². The van der Waals surface area contributed by atoms with Gasteiger partial charge in [0.05, 0.1) is 33.8 Å². The number of fused-ring (bicyclic) bond motifs is 1. The van der Waals surface area contributed by atoms with E-state index in [1.165, 1.54) is 42.5 Å². The quantitative estimate of drug-likeness (QED) is 0.393. The topological polar surface area (TPSA) is 123 Å². The highest BCUT2D eigenvalue weighted by Gasteiger charge is 2.22. The summed E-state index contributed by atoms with van der Waals surface area (Å²) in [6, 6.07) is 10.3. The van der Waals surface area contributed by atoms with Crippen LogP contribution in [0.2, 0.25) is 0 Å². The van der Waals surface area contributed by atoms with Gasteiger partial charge in [-0.05, 0) is 29.8 Å². The number of ether oxygens (including phenoxy) is 2. The molecule has 0 radical (unpaired) electrons. The van der Waals surface area contributed by atoms with Gasteiger partial charge in [0.25, 0.3) is 5.69 Å². The van der Waals surface area contributed by atoms with Gasteiger partial charge in [-0.15, -0.1) is 0 Å². The Morgan fingerprint density at radius 3 is 2.36 bits per heavy atom. The van der Waals surface area contributed by atoms with Crippen LogP contribution in [0.3, 0.4) is 0 Å². The number of nitro benzene ring substituents is 1. The Balaban J connectivity index is 2.07. The van der Waals surface area contributed by atoms with Crippen LogP contribution >= 0.6 is 0 Å². The van der Waals surface area contributed by atoms with Crippen molar-refractivity contribution < 1.29 is 24.3 Å². The summed E-state index contributed by atoms with van der Waals surface area (Å²) in [5, 5.41) is 29.6. The molecule has 0 saturated heterocycles. The molecule has 1 N–H and O–H groups in total. The highest BCUT2D eigenvalue weighted by molar-refractivity contribution is 5.93. The second-order valence-electron chi connectivity index (χ2n) is 5.07. The number of allylic oxidation sites excluding steroid dienone is 1. The first-order valence-corrected chi connectivity index (χ1v) is 7.03. The molecule has 1 heterocycles. The van der Waals surface area contributed by atoms with Gasteiger partial charge in [0.15, 0.2) is 11.5 Å². The minimum Gasteiger partial charge on any atom is -0.478 e. The fourth-order valence-electron chi connectivity index (χ4n) is 2.35. The molecule has 3 rings (SSSR count). The molecule has 1 aliphatic rings. The largest absolute Gasteiger partial charge is 0.478 e. The zero-order chi connectivity index (χ0) is 18.0. The zero-order valence-electron chi connectivity index (χ0n) is 12.6. The maximum absolute atomic E-state index is 11.3. The molecule has 1 aliphatic heterocycles. The van der Waals surface area contributed by atoms with Crippen molar-refractivity contribution in [3.63, 3.8) is 0 Å². The van der Waals surface area contributed by atoms with Gasteiger partial charge in [-0.25, -0.2) is 4.79 Å². The van der Waals surface area contributed by atoms with Crippen LogP contribution in [0, 0.1) is 21.4 Å². The Kier molecular flexibility index (Phi) is 4.05. The maximum atomic E-state index is 11.3.